The summed E-state index contributed by atoms with van der Waals surface area (Å²) in [6, 6.07) is 7.74. The van der Waals surface area contributed by atoms with Crippen LogP contribution in [0.15, 0.2) is 36.9 Å². The Morgan fingerprint density at radius 2 is 1.84 bits per heavy atom. The maximum absolute atomic E-state index is 8.70. The third-order valence-corrected chi connectivity index (χ3v) is 2.73. The Labute approximate surface area is 112 Å². The van der Waals surface area contributed by atoms with Gasteiger partial charge in [0, 0.05) is 38.2 Å². The van der Waals surface area contributed by atoms with Gasteiger partial charge in [0.15, 0.2) is 0 Å². The van der Waals surface area contributed by atoms with Crippen LogP contribution in [-0.2, 0) is 0 Å². The van der Waals surface area contributed by atoms with Gasteiger partial charge in [-0.25, -0.2) is 9.97 Å². The molecule has 0 radical (unpaired) electrons. The van der Waals surface area contributed by atoms with Crippen molar-refractivity contribution in [2.24, 2.45) is 0 Å². The minimum Gasteiger partial charge on any atom is -0.346 e. The molecule has 6 heteroatoms. The van der Waals surface area contributed by atoms with E-state index in [2.05, 4.69) is 21.0 Å². The van der Waals surface area contributed by atoms with Crippen molar-refractivity contribution in [1.29, 1.82) is 5.26 Å². The van der Waals surface area contributed by atoms with Gasteiger partial charge in [-0.05, 0) is 12.1 Å². The molecule has 6 nitrogen and oxygen atoms in total. The van der Waals surface area contributed by atoms with Gasteiger partial charge in [0.25, 0.3) is 0 Å². The summed E-state index contributed by atoms with van der Waals surface area (Å²) < 4.78 is 0. The molecular weight excluding hydrogens is 240 g/mol. The first-order chi connectivity index (χ1) is 9.22. The Bertz CT molecular complexity index is 577. The molecule has 0 spiro atoms. The zero-order valence-corrected chi connectivity index (χ0v) is 10.9. The van der Waals surface area contributed by atoms with Crippen LogP contribution in [0, 0.1) is 11.3 Å². The molecule has 0 saturated carbocycles. The van der Waals surface area contributed by atoms with Crippen LogP contribution in [0.5, 0.6) is 0 Å². The summed E-state index contributed by atoms with van der Waals surface area (Å²) in [6.07, 6.45) is 4.96. The van der Waals surface area contributed by atoms with Gasteiger partial charge in [0.1, 0.15) is 24.5 Å². The molecule has 0 aromatic carbocycles. The molecule has 19 heavy (non-hydrogen) atoms. The zero-order chi connectivity index (χ0) is 13.7. The number of hydrogen-bond donors (Lipinski definition) is 0. The molecule has 0 aliphatic rings. The molecule has 0 aliphatic heterocycles. The van der Waals surface area contributed by atoms with E-state index >= 15 is 0 Å². The second-order valence-electron chi connectivity index (χ2n) is 4.01. The van der Waals surface area contributed by atoms with Crippen LogP contribution in [0.4, 0.5) is 17.3 Å². The number of pyridine rings is 1. The van der Waals surface area contributed by atoms with E-state index in [-0.39, 0.29) is 6.54 Å². The highest BCUT2D eigenvalue weighted by molar-refractivity contribution is 5.61. The molecule has 0 fully saturated rings. The lowest BCUT2D eigenvalue weighted by Crippen LogP contribution is -2.19. The topological polar surface area (TPSA) is 68.9 Å². The van der Waals surface area contributed by atoms with Crippen LogP contribution < -0.4 is 9.80 Å². The molecule has 2 aromatic rings. The van der Waals surface area contributed by atoms with Gasteiger partial charge < -0.3 is 9.80 Å². The van der Waals surface area contributed by atoms with Crippen molar-refractivity contribution >= 4 is 17.3 Å². The predicted molar refractivity (Wildman–Crippen MR) is 73.2 cm³/mol. The maximum atomic E-state index is 8.70. The lowest BCUT2D eigenvalue weighted by Gasteiger charge is -2.20. The first-order valence-corrected chi connectivity index (χ1v) is 5.76. The van der Waals surface area contributed by atoms with E-state index in [4.69, 9.17) is 5.26 Å². The van der Waals surface area contributed by atoms with E-state index in [1.54, 1.807) is 17.3 Å². The average Bonchev–Trinajstić information content (AvgIpc) is 2.48. The predicted octanol–water partition coefficient (Wildman–Crippen LogP) is 1.60. The molecule has 0 saturated heterocycles. The molecule has 0 bridgehead atoms. The Morgan fingerprint density at radius 1 is 1.16 bits per heavy atom. The lowest BCUT2D eigenvalue weighted by atomic mass is 10.3. The average molecular weight is 254 g/mol. The molecule has 0 N–H and O–H groups in total. The Hall–Kier alpha value is -2.68. The van der Waals surface area contributed by atoms with Gasteiger partial charge in [-0.15, -0.1) is 0 Å². The van der Waals surface area contributed by atoms with Gasteiger partial charge in [-0.1, -0.05) is 0 Å². The standard InChI is InChI=1S/C13H14N6/c1-18(8-5-14)12-9-13(17-10-16-12)19(2)11-3-6-15-7-4-11/h3-4,6-7,9-10H,8H2,1-2H3. The van der Waals surface area contributed by atoms with E-state index in [0.29, 0.717) is 5.82 Å². The first-order valence-electron chi connectivity index (χ1n) is 5.76. The zero-order valence-electron chi connectivity index (χ0n) is 10.9. The van der Waals surface area contributed by atoms with Crippen LogP contribution in [-0.4, -0.2) is 35.6 Å². The minimum atomic E-state index is 0.287. The molecule has 2 aromatic heterocycles. The molecule has 96 valence electrons. The van der Waals surface area contributed by atoms with Crippen molar-refractivity contribution in [3.8, 4) is 6.07 Å². The summed E-state index contributed by atoms with van der Waals surface area (Å²) in [5, 5.41) is 8.70. The van der Waals surface area contributed by atoms with Gasteiger partial charge in [0.05, 0.1) is 6.07 Å². The van der Waals surface area contributed by atoms with E-state index in [1.165, 1.54) is 6.33 Å². The van der Waals surface area contributed by atoms with E-state index in [1.807, 2.05) is 37.2 Å². The highest BCUT2D eigenvalue weighted by Gasteiger charge is 2.08. The van der Waals surface area contributed by atoms with Crippen molar-refractivity contribution < 1.29 is 0 Å². The van der Waals surface area contributed by atoms with E-state index < -0.39 is 0 Å². The highest BCUT2D eigenvalue weighted by atomic mass is 15.2. The number of rotatable bonds is 4. The summed E-state index contributed by atoms with van der Waals surface area (Å²) in [5.41, 5.74) is 0.989. The van der Waals surface area contributed by atoms with Crippen LogP contribution in [0.25, 0.3) is 0 Å². The number of anilines is 3. The molecular formula is C13H14N6. The molecule has 0 atom stereocenters. The number of hydrogen-bond acceptors (Lipinski definition) is 6. The molecule has 0 unspecified atom stereocenters. The minimum absolute atomic E-state index is 0.287. The summed E-state index contributed by atoms with van der Waals surface area (Å²) in [5.74, 6) is 1.48. The van der Waals surface area contributed by atoms with E-state index in [9.17, 15) is 0 Å². The third kappa shape index (κ3) is 2.96. The highest BCUT2D eigenvalue weighted by Crippen LogP contribution is 2.22. The normalized spacial score (nSPS) is 9.74. The summed E-state index contributed by atoms with van der Waals surface area (Å²) in [7, 11) is 3.74. The van der Waals surface area contributed by atoms with Crippen LogP contribution in [0.1, 0.15) is 0 Å². The van der Waals surface area contributed by atoms with Crippen LogP contribution in [0.3, 0.4) is 0 Å². The lowest BCUT2D eigenvalue weighted by molar-refractivity contribution is 0.970. The second kappa shape index (κ2) is 5.78. The smallest absolute Gasteiger partial charge is 0.138 e. The molecule has 0 amide bonds. The van der Waals surface area contributed by atoms with Crippen molar-refractivity contribution in [2.75, 3.05) is 30.4 Å². The SMILES string of the molecule is CN(CC#N)c1cc(N(C)c2ccncc2)ncn1. The van der Waals surface area contributed by atoms with Gasteiger partial charge in [-0.3, -0.25) is 4.98 Å². The summed E-state index contributed by atoms with van der Waals surface area (Å²) >= 11 is 0. The quantitative estimate of drug-likeness (QED) is 0.772. The third-order valence-electron chi connectivity index (χ3n) is 2.73. The number of nitrogens with zero attached hydrogens (tertiary/aromatic N) is 6. The molecule has 0 aliphatic carbocycles. The fourth-order valence-electron chi connectivity index (χ4n) is 1.62. The first kappa shape index (κ1) is 12.8. The van der Waals surface area contributed by atoms with E-state index in [0.717, 1.165) is 11.5 Å². The Kier molecular flexibility index (Phi) is 3.88. The van der Waals surface area contributed by atoms with Crippen LogP contribution >= 0.6 is 0 Å². The Morgan fingerprint density at radius 3 is 2.53 bits per heavy atom. The van der Waals surface area contributed by atoms with Crippen molar-refractivity contribution in [1.82, 2.24) is 15.0 Å². The fourth-order valence-corrected chi connectivity index (χ4v) is 1.62. The molecule has 2 rings (SSSR count). The van der Waals surface area contributed by atoms with Gasteiger partial charge in [-0.2, -0.15) is 5.26 Å². The van der Waals surface area contributed by atoms with Gasteiger partial charge >= 0.3 is 0 Å². The maximum Gasteiger partial charge on any atom is 0.138 e. The summed E-state index contributed by atoms with van der Waals surface area (Å²) in [6.45, 7) is 0.287. The summed E-state index contributed by atoms with van der Waals surface area (Å²) in [4.78, 5) is 16.1. The fraction of sp³-hybridized carbons (Fsp3) is 0.231. The van der Waals surface area contributed by atoms with Crippen molar-refractivity contribution in [3.63, 3.8) is 0 Å². The number of nitriles is 1. The second-order valence-corrected chi connectivity index (χ2v) is 4.01. The number of aromatic nitrogens is 3. The Balaban J connectivity index is 2.26. The van der Waals surface area contributed by atoms with Gasteiger partial charge in [0.2, 0.25) is 0 Å². The van der Waals surface area contributed by atoms with Crippen molar-refractivity contribution in [3.05, 3.63) is 36.9 Å². The monoisotopic (exact) mass is 254 g/mol. The molecule has 2 heterocycles. The largest absolute Gasteiger partial charge is 0.346 e. The van der Waals surface area contributed by atoms with Crippen molar-refractivity contribution in [2.45, 2.75) is 0 Å². The van der Waals surface area contributed by atoms with Crippen LogP contribution in [0.2, 0.25) is 0 Å².